The highest BCUT2D eigenvalue weighted by Gasteiger charge is 2.12. The van der Waals surface area contributed by atoms with E-state index in [1.54, 1.807) is 36.4 Å². The molecule has 0 atom stereocenters. The number of methoxy groups -OCH3 is 1. The van der Waals surface area contributed by atoms with E-state index in [1.807, 2.05) is 13.8 Å². The Labute approximate surface area is 146 Å². The van der Waals surface area contributed by atoms with Crippen LogP contribution in [-0.4, -0.2) is 32.3 Å². The molecule has 5 nitrogen and oxygen atoms in total. The Morgan fingerprint density at radius 3 is 2.60 bits per heavy atom. The Bertz CT molecular complexity index is 718. The van der Waals surface area contributed by atoms with Crippen molar-refractivity contribution in [2.75, 3.05) is 25.6 Å². The molecule has 0 radical (unpaired) electrons. The average Bonchev–Trinajstić information content (AvgIpc) is 2.60. The van der Waals surface area contributed by atoms with Crippen molar-refractivity contribution in [1.82, 2.24) is 0 Å². The maximum absolute atomic E-state index is 13.5. The monoisotopic (exact) mass is 347 g/mol. The molecule has 6 heteroatoms. The van der Waals surface area contributed by atoms with Gasteiger partial charge in [0, 0.05) is 6.54 Å². The third kappa shape index (κ3) is 5.38. The molecule has 0 amide bonds. The van der Waals surface area contributed by atoms with Gasteiger partial charge in [0.05, 0.1) is 24.5 Å². The summed E-state index contributed by atoms with van der Waals surface area (Å²) in [5, 5.41) is 3.15. The molecule has 0 heterocycles. The molecular weight excluding hydrogens is 325 g/mol. The Kier molecular flexibility index (Phi) is 6.62. The number of para-hydroxylation sites is 1. The molecule has 0 aliphatic carbocycles. The second kappa shape index (κ2) is 8.92. The van der Waals surface area contributed by atoms with E-state index < -0.39 is 11.8 Å². The van der Waals surface area contributed by atoms with Gasteiger partial charge in [-0.2, -0.15) is 0 Å². The number of ether oxygens (including phenoxy) is 3. The topological polar surface area (TPSA) is 56.8 Å². The standard InChI is InChI=1S/C19H22FNO4/c1-13(2)25-18-9-8-14(19(22)23-3)12-16(18)21-10-11-24-17-7-5-4-6-15(17)20/h4-9,12-13,21H,10-11H2,1-3H3. The number of nitrogens with one attached hydrogen (secondary N) is 1. The molecule has 0 saturated carbocycles. The highest BCUT2D eigenvalue weighted by molar-refractivity contribution is 5.91. The van der Waals surface area contributed by atoms with Crippen LogP contribution in [0.15, 0.2) is 42.5 Å². The van der Waals surface area contributed by atoms with Gasteiger partial charge < -0.3 is 19.5 Å². The number of carbonyl (C=O) groups excluding carboxylic acids is 1. The zero-order chi connectivity index (χ0) is 18.2. The number of rotatable bonds is 8. The Balaban J connectivity index is 2.02. The predicted octanol–water partition coefficient (Wildman–Crippen LogP) is 3.89. The van der Waals surface area contributed by atoms with Gasteiger partial charge in [-0.05, 0) is 44.2 Å². The number of hydrogen-bond donors (Lipinski definition) is 1. The zero-order valence-corrected chi connectivity index (χ0v) is 14.5. The van der Waals surface area contributed by atoms with Crippen molar-refractivity contribution in [2.45, 2.75) is 20.0 Å². The largest absolute Gasteiger partial charge is 0.489 e. The first-order chi connectivity index (χ1) is 12.0. The Morgan fingerprint density at radius 2 is 1.92 bits per heavy atom. The van der Waals surface area contributed by atoms with Gasteiger partial charge in [-0.25, -0.2) is 9.18 Å². The van der Waals surface area contributed by atoms with Crippen LogP contribution in [0.3, 0.4) is 0 Å². The molecule has 134 valence electrons. The lowest BCUT2D eigenvalue weighted by molar-refractivity contribution is 0.0600. The summed E-state index contributed by atoms with van der Waals surface area (Å²) < 4.78 is 29.4. The number of hydrogen-bond acceptors (Lipinski definition) is 5. The van der Waals surface area contributed by atoms with E-state index in [1.165, 1.54) is 13.2 Å². The van der Waals surface area contributed by atoms with Crippen LogP contribution < -0.4 is 14.8 Å². The van der Waals surface area contributed by atoms with E-state index >= 15 is 0 Å². The third-order valence-corrected chi connectivity index (χ3v) is 3.28. The first-order valence-corrected chi connectivity index (χ1v) is 8.01. The van der Waals surface area contributed by atoms with E-state index in [0.29, 0.717) is 23.5 Å². The highest BCUT2D eigenvalue weighted by Crippen LogP contribution is 2.27. The van der Waals surface area contributed by atoms with Gasteiger partial charge in [0.2, 0.25) is 0 Å². The summed E-state index contributed by atoms with van der Waals surface area (Å²) in [6.45, 7) is 4.50. The molecule has 0 saturated heterocycles. The van der Waals surface area contributed by atoms with E-state index in [-0.39, 0.29) is 18.5 Å². The lowest BCUT2D eigenvalue weighted by Gasteiger charge is -2.16. The summed E-state index contributed by atoms with van der Waals surface area (Å²) in [5.74, 6) is -0.0133. The van der Waals surface area contributed by atoms with Crippen molar-refractivity contribution in [3.63, 3.8) is 0 Å². The number of benzene rings is 2. The van der Waals surface area contributed by atoms with Crippen LogP contribution in [0.25, 0.3) is 0 Å². The second-order valence-corrected chi connectivity index (χ2v) is 5.57. The van der Waals surface area contributed by atoms with Crippen LogP contribution in [0.5, 0.6) is 11.5 Å². The van der Waals surface area contributed by atoms with Crippen LogP contribution in [0.1, 0.15) is 24.2 Å². The summed E-state index contributed by atoms with van der Waals surface area (Å²) >= 11 is 0. The normalized spacial score (nSPS) is 10.4. The fraction of sp³-hybridized carbons (Fsp3) is 0.316. The molecule has 0 aliphatic rings. The maximum Gasteiger partial charge on any atom is 0.337 e. The minimum atomic E-state index is -0.429. The van der Waals surface area contributed by atoms with Crippen molar-refractivity contribution in [3.05, 3.63) is 53.8 Å². The van der Waals surface area contributed by atoms with Gasteiger partial charge in [0.25, 0.3) is 0 Å². The molecule has 0 unspecified atom stereocenters. The van der Waals surface area contributed by atoms with Crippen molar-refractivity contribution >= 4 is 11.7 Å². The molecule has 2 aromatic rings. The smallest absolute Gasteiger partial charge is 0.337 e. The van der Waals surface area contributed by atoms with E-state index in [9.17, 15) is 9.18 Å². The fourth-order valence-corrected chi connectivity index (χ4v) is 2.18. The fourth-order valence-electron chi connectivity index (χ4n) is 2.18. The summed E-state index contributed by atoms with van der Waals surface area (Å²) in [4.78, 5) is 11.7. The molecule has 0 fully saturated rings. The summed E-state index contributed by atoms with van der Waals surface area (Å²) in [6, 6.07) is 11.2. The van der Waals surface area contributed by atoms with Crippen LogP contribution in [0.2, 0.25) is 0 Å². The minimum absolute atomic E-state index is 0.0146. The SMILES string of the molecule is COC(=O)c1ccc(OC(C)C)c(NCCOc2ccccc2F)c1. The predicted molar refractivity (Wildman–Crippen MR) is 93.9 cm³/mol. The Morgan fingerprint density at radius 1 is 1.16 bits per heavy atom. The summed E-state index contributed by atoms with van der Waals surface area (Å²) in [6.07, 6.45) is -0.0146. The summed E-state index contributed by atoms with van der Waals surface area (Å²) in [7, 11) is 1.33. The molecule has 0 aliphatic heterocycles. The minimum Gasteiger partial charge on any atom is -0.489 e. The highest BCUT2D eigenvalue weighted by atomic mass is 19.1. The second-order valence-electron chi connectivity index (χ2n) is 5.57. The maximum atomic E-state index is 13.5. The molecular formula is C19H22FNO4. The number of halogens is 1. The molecule has 0 spiro atoms. The van der Waals surface area contributed by atoms with Crippen molar-refractivity contribution in [1.29, 1.82) is 0 Å². The molecule has 2 rings (SSSR count). The van der Waals surface area contributed by atoms with Gasteiger partial charge in [-0.1, -0.05) is 12.1 Å². The first-order valence-electron chi connectivity index (χ1n) is 8.01. The third-order valence-electron chi connectivity index (χ3n) is 3.28. The molecule has 0 aromatic heterocycles. The van der Waals surface area contributed by atoms with Gasteiger partial charge in [-0.15, -0.1) is 0 Å². The van der Waals surface area contributed by atoms with Crippen LogP contribution in [0.4, 0.5) is 10.1 Å². The van der Waals surface area contributed by atoms with Gasteiger partial charge >= 0.3 is 5.97 Å². The molecule has 2 aromatic carbocycles. The van der Waals surface area contributed by atoms with Crippen LogP contribution in [0, 0.1) is 5.82 Å². The van der Waals surface area contributed by atoms with Crippen molar-refractivity contribution in [2.24, 2.45) is 0 Å². The number of anilines is 1. The van der Waals surface area contributed by atoms with Crippen molar-refractivity contribution < 1.29 is 23.4 Å². The van der Waals surface area contributed by atoms with E-state index in [2.05, 4.69) is 5.32 Å². The lowest BCUT2D eigenvalue weighted by Crippen LogP contribution is -2.15. The molecule has 25 heavy (non-hydrogen) atoms. The van der Waals surface area contributed by atoms with E-state index in [4.69, 9.17) is 14.2 Å². The van der Waals surface area contributed by atoms with Crippen molar-refractivity contribution in [3.8, 4) is 11.5 Å². The van der Waals surface area contributed by atoms with Crippen LogP contribution >= 0.6 is 0 Å². The lowest BCUT2D eigenvalue weighted by atomic mass is 10.2. The van der Waals surface area contributed by atoms with Gasteiger partial charge in [0.1, 0.15) is 12.4 Å². The van der Waals surface area contributed by atoms with E-state index in [0.717, 1.165) is 0 Å². The number of esters is 1. The van der Waals surface area contributed by atoms with Gasteiger partial charge in [-0.3, -0.25) is 0 Å². The molecule has 1 N–H and O–H groups in total. The zero-order valence-electron chi connectivity index (χ0n) is 14.5. The average molecular weight is 347 g/mol. The number of carbonyl (C=O) groups is 1. The quantitative estimate of drug-likeness (QED) is 0.580. The van der Waals surface area contributed by atoms with Gasteiger partial charge in [0.15, 0.2) is 11.6 Å². The Hall–Kier alpha value is -2.76. The van der Waals surface area contributed by atoms with Crippen LogP contribution in [-0.2, 0) is 4.74 Å². The summed E-state index contributed by atoms with van der Waals surface area (Å²) in [5.41, 5.74) is 1.06. The molecule has 0 bridgehead atoms. The first kappa shape index (κ1) is 18.6.